The standard InChI is InChI=1S/C25H13N3/c1-4-10-18-14(7-1)13-17-21-15-8-2-5-11-19(15)27-24(21)22-16-9-3-6-12-20(16)28-25(22)23(17)26-18/h1-13H. The highest BCUT2D eigenvalue weighted by Crippen LogP contribution is 2.40. The molecule has 4 aromatic carbocycles. The predicted molar refractivity (Wildman–Crippen MR) is 110 cm³/mol. The SMILES string of the molecule is c1ccc2c(c1)N=c1c-2c2cc3ccccc3nc2c2c1=c1ccccc1=N2. The van der Waals surface area contributed by atoms with Crippen molar-refractivity contribution in [3.05, 3.63) is 100 Å². The largest absolute Gasteiger partial charge is 0.247 e. The van der Waals surface area contributed by atoms with E-state index in [-0.39, 0.29) is 0 Å². The van der Waals surface area contributed by atoms with Crippen LogP contribution in [0.5, 0.6) is 0 Å². The zero-order valence-corrected chi connectivity index (χ0v) is 14.8. The topological polar surface area (TPSA) is 37.6 Å². The number of benzene rings is 4. The summed E-state index contributed by atoms with van der Waals surface area (Å²) in [4.78, 5) is 15.0. The first kappa shape index (κ1) is 14.2. The number of pyridine rings is 1. The summed E-state index contributed by atoms with van der Waals surface area (Å²) in [5.41, 5.74) is 6.25. The number of fused-ring (bicyclic) bond motifs is 10. The van der Waals surface area contributed by atoms with Gasteiger partial charge in [0, 0.05) is 32.3 Å². The molecular weight excluding hydrogens is 342 g/mol. The lowest BCUT2D eigenvalue weighted by atomic mass is 9.97. The summed E-state index contributed by atoms with van der Waals surface area (Å²) < 4.78 is 0. The average molecular weight is 355 g/mol. The van der Waals surface area contributed by atoms with Gasteiger partial charge in [-0.3, -0.25) is 0 Å². The van der Waals surface area contributed by atoms with E-state index in [1.165, 1.54) is 11.1 Å². The molecule has 3 nitrogen and oxygen atoms in total. The molecular formula is C25H13N3. The van der Waals surface area contributed by atoms with Gasteiger partial charge in [-0.1, -0.05) is 54.6 Å². The molecule has 0 aliphatic carbocycles. The molecule has 0 N–H and O–H groups in total. The molecule has 2 aliphatic heterocycles. The van der Waals surface area contributed by atoms with Crippen LogP contribution < -0.4 is 10.7 Å². The van der Waals surface area contributed by atoms with Gasteiger partial charge in [0.05, 0.1) is 27.4 Å². The van der Waals surface area contributed by atoms with E-state index >= 15 is 0 Å². The van der Waals surface area contributed by atoms with Crippen molar-refractivity contribution in [1.29, 1.82) is 0 Å². The smallest absolute Gasteiger partial charge is 0.100 e. The fraction of sp³-hybridized carbons (Fsp3) is 0. The molecule has 0 unspecified atom stereocenters. The van der Waals surface area contributed by atoms with E-state index < -0.39 is 0 Å². The van der Waals surface area contributed by atoms with E-state index in [9.17, 15) is 0 Å². The molecule has 1 aromatic heterocycles. The minimum absolute atomic E-state index is 0.942. The number of nitrogens with zero attached hydrogens (tertiary/aromatic N) is 3. The van der Waals surface area contributed by atoms with Crippen molar-refractivity contribution in [2.24, 2.45) is 9.98 Å². The van der Waals surface area contributed by atoms with Crippen LogP contribution in [-0.4, -0.2) is 4.98 Å². The summed E-state index contributed by atoms with van der Waals surface area (Å²) in [7, 11) is 0. The summed E-state index contributed by atoms with van der Waals surface area (Å²) in [5, 5.41) is 6.52. The zero-order valence-electron chi connectivity index (χ0n) is 14.8. The number of hydrogen-bond acceptors (Lipinski definition) is 3. The molecule has 3 heteroatoms. The van der Waals surface area contributed by atoms with E-state index in [0.29, 0.717) is 0 Å². The van der Waals surface area contributed by atoms with Gasteiger partial charge in [-0.15, -0.1) is 0 Å². The average Bonchev–Trinajstić information content (AvgIpc) is 3.31. The second-order valence-corrected chi connectivity index (χ2v) is 7.28. The first-order chi connectivity index (χ1) is 13.9. The van der Waals surface area contributed by atoms with Crippen LogP contribution in [0.2, 0.25) is 0 Å². The van der Waals surface area contributed by atoms with Crippen LogP contribution in [0.15, 0.2) is 88.8 Å². The van der Waals surface area contributed by atoms with Crippen LogP contribution in [0.1, 0.15) is 0 Å². The Labute approximate surface area is 159 Å². The Kier molecular flexibility index (Phi) is 2.49. The molecule has 128 valence electrons. The zero-order chi connectivity index (χ0) is 18.2. The maximum Gasteiger partial charge on any atom is 0.100 e. The molecule has 0 radical (unpaired) electrons. The first-order valence-electron chi connectivity index (χ1n) is 9.40. The fourth-order valence-electron chi connectivity index (χ4n) is 4.52. The minimum Gasteiger partial charge on any atom is -0.247 e. The van der Waals surface area contributed by atoms with Crippen molar-refractivity contribution in [2.75, 3.05) is 0 Å². The highest BCUT2D eigenvalue weighted by atomic mass is 14.8. The lowest BCUT2D eigenvalue weighted by Gasteiger charge is -2.08. The maximum atomic E-state index is 5.05. The van der Waals surface area contributed by atoms with Crippen molar-refractivity contribution in [2.45, 2.75) is 0 Å². The Hall–Kier alpha value is -3.85. The molecule has 5 aromatic rings. The molecule has 0 spiro atoms. The van der Waals surface area contributed by atoms with E-state index in [1.54, 1.807) is 0 Å². The van der Waals surface area contributed by atoms with Crippen molar-refractivity contribution in [1.82, 2.24) is 4.98 Å². The fourth-order valence-corrected chi connectivity index (χ4v) is 4.52. The van der Waals surface area contributed by atoms with Crippen molar-refractivity contribution in [3.63, 3.8) is 0 Å². The molecule has 0 atom stereocenters. The summed E-state index contributed by atoms with van der Waals surface area (Å²) in [5.74, 6) is 0. The number of rotatable bonds is 0. The van der Waals surface area contributed by atoms with Gasteiger partial charge in [0.15, 0.2) is 0 Å². The van der Waals surface area contributed by atoms with Gasteiger partial charge < -0.3 is 0 Å². The van der Waals surface area contributed by atoms with Crippen LogP contribution in [0.4, 0.5) is 11.4 Å². The highest BCUT2D eigenvalue weighted by Gasteiger charge is 2.23. The molecule has 28 heavy (non-hydrogen) atoms. The third kappa shape index (κ3) is 1.66. The quantitative estimate of drug-likeness (QED) is 0.358. The Bertz CT molecular complexity index is 1720. The van der Waals surface area contributed by atoms with Gasteiger partial charge in [-0.05, 0) is 24.3 Å². The summed E-state index contributed by atoms with van der Waals surface area (Å²) in [6.45, 7) is 0. The van der Waals surface area contributed by atoms with Crippen LogP contribution in [-0.2, 0) is 0 Å². The van der Waals surface area contributed by atoms with Crippen molar-refractivity contribution >= 4 is 33.2 Å². The molecule has 0 fully saturated rings. The molecule has 0 bridgehead atoms. The van der Waals surface area contributed by atoms with Gasteiger partial charge in [-0.2, -0.15) is 0 Å². The summed E-state index contributed by atoms with van der Waals surface area (Å²) >= 11 is 0. The number of aromatic nitrogens is 1. The molecule has 3 heterocycles. The molecule has 0 saturated carbocycles. The lowest BCUT2D eigenvalue weighted by molar-refractivity contribution is 1.35. The predicted octanol–water partition coefficient (Wildman–Crippen LogP) is 4.87. The summed E-state index contributed by atoms with van der Waals surface area (Å²) in [6, 6.07) is 27.2. The van der Waals surface area contributed by atoms with Gasteiger partial charge in [0.1, 0.15) is 5.69 Å². The lowest BCUT2D eigenvalue weighted by Crippen LogP contribution is -2.07. The molecule has 7 rings (SSSR count). The monoisotopic (exact) mass is 355 g/mol. The van der Waals surface area contributed by atoms with Gasteiger partial charge in [0.2, 0.25) is 0 Å². The van der Waals surface area contributed by atoms with Crippen molar-refractivity contribution in [3.8, 4) is 11.1 Å². The van der Waals surface area contributed by atoms with E-state index in [2.05, 4.69) is 60.7 Å². The van der Waals surface area contributed by atoms with E-state index in [4.69, 9.17) is 15.0 Å². The Morgan fingerprint density at radius 3 is 2.54 bits per heavy atom. The number of para-hydroxylation sites is 3. The Morgan fingerprint density at radius 1 is 0.714 bits per heavy atom. The van der Waals surface area contributed by atoms with Crippen LogP contribution >= 0.6 is 0 Å². The summed E-state index contributed by atoms with van der Waals surface area (Å²) in [6.07, 6.45) is 0. The molecule has 0 amide bonds. The van der Waals surface area contributed by atoms with E-state index in [1.807, 2.05) is 18.2 Å². The first-order valence-corrected chi connectivity index (χ1v) is 9.40. The van der Waals surface area contributed by atoms with E-state index in [0.717, 1.165) is 54.3 Å². The third-order valence-electron chi connectivity index (χ3n) is 5.74. The second-order valence-electron chi connectivity index (χ2n) is 7.28. The van der Waals surface area contributed by atoms with Crippen LogP contribution in [0.3, 0.4) is 0 Å². The third-order valence-corrected chi connectivity index (χ3v) is 5.74. The Morgan fingerprint density at radius 2 is 1.54 bits per heavy atom. The van der Waals surface area contributed by atoms with Gasteiger partial charge >= 0.3 is 0 Å². The maximum absolute atomic E-state index is 5.05. The normalized spacial score (nSPS) is 12.9. The second kappa shape index (κ2) is 4.90. The number of hydrogen-bond donors (Lipinski definition) is 0. The van der Waals surface area contributed by atoms with Crippen molar-refractivity contribution < 1.29 is 0 Å². The van der Waals surface area contributed by atoms with Crippen LogP contribution in [0.25, 0.3) is 32.9 Å². The van der Waals surface area contributed by atoms with Gasteiger partial charge in [-0.25, -0.2) is 15.0 Å². The molecule has 0 saturated heterocycles. The van der Waals surface area contributed by atoms with Gasteiger partial charge in [0.25, 0.3) is 0 Å². The van der Waals surface area contributed by atoms with Crippen LogP contribution in [0, 0.1) is 10.4 Å². The molecule has 2 aliphatic rings. The Balaban J connectivity index is 1.85. The highest BCUT2D eigenvalue weighted by molar-refractivity contribution is 6.07. The minimum atomic E-state index is 0.942.